The number of nitrogens with zero attached hydrogens (tertiary/aromatic N) is 1. The van der Waals surface area contributed by atoms with Crippen LogP contribution < -0.4 is 10.5 Å². The fourth-order valence-corrected chi connectivity index (χ4v) is 2.00. The lowest BCUT2D eigenvalue weighted by atomic mass is 10.1. The third-order valence-electron chi connectivity index (χ3n) is 2.83. The SMILES string of the molecule is Nc1c(Oc2ccc(Cl)cc2)ccc2ncccc12. The Bertz CT molecular complexity index is 726. The van der Waals surface area contributed by atoms with Crippen LogP contribution in [0.4, 0.5) is 5.69 Å². The van der Waals surface area contributed by atoms with Crippen molar-refractivity contribution in [3.05, 3.63) is 59.8 Å². The van der Waals surface area contributed by atoms with E-state index in [2.05, 4.69) is 4.98 Å². The van der Waals surface area contributed by atoms with Gasteiger partial charge >= 0.3 is 0 Å². The second kappa shape index (κ2) is 4.78. The average molecular weight is 271 g/mol. The van der Waals surface area contributed by atoms with Crippen molar-refractivity contribution in [3.63, 3.8) is 0 Å². The molecule has 0 spiro atoms. The van der Waals surface area contributed by atoms with Crippen LogP contribution in [-0.4, -0.2) is 4.98 Å². The van der Waals surface area contributed by atoms with Crippen LogP contribution in [0.15, 0.2) is 54.7 Å². The molecule has 0 atom stereocenters. The van der Waals surface area contributed by atoms with Crippen molar-refractivity contribution in [2.24, 2.45) is 0 Å². The van der Waals surface area contributed by atoms with Crippen molar-refractivity contribution in [3.8, 4) is 11.5 Å². The van der Waals surface area contributed by atoms with Crippen LogP contribution in [0.1, 0.15) is 0 Å². The Kier molecular flexibility index (Phi) is 2.97. The van der Waals surface area contributed by atoms with Gasteiger partial charge in [-0.3, -0.25) is 4.98 Å². The van der Waals surface area contributed by atoms with Crippen LogP contribution in [0.2, 0.25) is 5.02 Å². The van der Waals surface area contributed by atoms with Gasteiger partial charge in [0.15, 0.2) is 5.75 Å². The first kappa shape index (κ1) is 11.8. The summed E-state index contributed by atoms with van der Waals surface area (Å²) in [5.41, 5.74) is 7.54. The van der Waals surface area contributed by atoms with Crippen LogP contribution >= 0.6 is 11.6 Å². The monoisotopic (exact) mass is 270 g/mol. The smallest absolute Gasteiger partial charge is 0.151 e. The summed E-state index contributed by atoms with van der Waals surface area (Å²) in [4.78, 5) is 4.25. The maximum absolute atomic E-state index is 6.11. The molecule has 3 aromatic rings. The molecule has 1 heterocycles. The molecule has 0 saturated carbocycles. The van der Waals surface area contributed by atoms with Crippen molar-refractivity contribution in [1.29, 1.82) is 0 Å². The van der Waals surface area contributed by atoms with E-state index in [4.69, 9.17) is 22.1 Å². The highest BCUT2D eigenvalue weighted by atomic mass is 35.5. The molecule has 4 heteroatoms. The summed E-state index contributed by atoms with van der Waals surface area (Å²) >= 11 is 5.84. The molecule has 0 fully saturated rings. The van der Waals surface area contributed by atoms with Gasteiger partial charge < -0.3 is 10.5 Å². The molecule has 0 bridgehead atoms. The van der Waals surface area contributed by atoms with Crippen LogP contribution in [0, 0.1) is 0 Å². The quantitative estimate of drug-likeness (QED) is 0.708. The molecular weight excluding hydrogens is 260 g/mol. The first-order chi connectivity index (χ1) is 9.24. The van der Waals surface area contributed by atoms with Crippen molar-refractivity contribution in [1.82, 2.24) is 4.98 Å². The van der Waals surface area contributed by atoms with Crippen molar-refractivity contribution in [2.45, 2.75) is 0 Å². The Labute approximate surface area is 115 Å². The van der Waals surface area contributed by atoms with Gasteiger partial charge in [0, 0.05) is 16.6 Å². The third kappa shape index (κ3) is 2.33. The topological polar surface area (TPSA) is 48.1 Å². The second-order valence-corrected chi connectivity index (χ2v) is 4.54. The summed E-state index contributed by atoms with van der Waals surface area (Å²) in [5.74, 6) is 1.31. The number of benzene rings is 2. The van der Waals surface area contributed by atoms with Gasteiger partial charge in [-0.15, -0.1) is 0 Å². The van der Waals surface area contributed by atoms with Gasteiger partial charge in [0.25, 0.3) is 0 Å². The number of ether oxygens (including phenoxy) is 1. The number of rotatable bonds is 2. The fraction of sp³-hybridized carbons (Fsp3) is 0. The summed E-state index contributed by atoms with van der Waals surface area (Å²) in [6.07, 6.45) is 1.74. The number of hydrogen-bond donors (Lipinski definition) is 1. The molecule has 3 rings (SSSR count). The first-order valence-corrected chi connectivity index (χ1v) is 6.18. The largest absolute Gasteiger partial charge is 0.455 e. The summed E-state index contributed by atoms with van der Waals surface area (Å²) < 4.78 is 5.76. The lowest BCUT2D eigenvalue weighted by Gasteiger charge is -2.10. The van der Waals surface area contributed by atoms with Crippen LogP contribution in [0.5, 0.6) is 11.5 Å². The van der Waals surface area contributed by atoms with Gasteiger partial charge in [-0.1, -0.05) is 11.6 Å². The Morgan fingerprint density at radius 3 is 2.58 bits per heavy atom. The molecule has 0 aliphatic carbocycles. The van der Waals surface area contributed by atoms with Gasteiger partial charge in [0.05, 0.1) is 11.2 Å². The average Bonchev–Trinajstić information content (AvgIpc) is 2.45. The van der Waals surface area contributed by atoms with Crippen molar-refractivity contribution < 1.29 is 4.74 Å². The molecule has 0 saturated heterocycles. The number of anilines is 1. The van der Waals surface area contributed by atoms with Crippen LogP contribution in [0.25, 0.3) is 10.9 Å². The molecule has 0 aliphatic rings. The number of halogens is 1. The fourth-order valence-electron chi connectivity index (χ4n) is 1.87. The van der Waals surface area contributed by atoms with E-state index in [0.717, 1.165) is 10.9 Å². The van der Waals surface area contributed by atoms with E-state index >= 15 is 0 Å². The van der Waals surface area contributed by atoms with E-state index in [1.54, 1.807) is 30.5 Å². The summed E-state index contributed by atoms with van der Waals surface area (Å²) in [7, 11) is 0. The van der Waals surface area contributed by atoms with E-state index in [1.165, 1.54) is 0 Å². The van der Waals surface area contributed by atoms with Gasteiger partial charge in [0.2, 0.25) is 0 Å². The number of fused-ring (bicyclic) bond motifs is 1. The van der Waals surface area contributed by atoms with E-state index < -0.39 is 0 Å². The van der Waals surface area contributed by atoms with Gasteiger partial charge in [-0.2, -0.15) is 0 Å². The molecule has 19 heavy (non-hydrogen) atoms. The molecule has 2 N–H and O–H groups in total. The van der Waals surface area contributed by atoms with E-state index in [9.17, 15) is 0 Å². The maximum Gasteiger partial charge on any atom is 0.151 e. The third-order valence-corrected chi connectivity index (χ3v) is 3.08. The Hall–Kier alpha value is -2.26. The first-order valence-electron chi connectivity index (χ1n) is 5.81. The molecule has 0 radical (unpaired) electrons. The number of nitrogen functional groups attached to an aromatic ring is 1. The lowest BCUT2D eigenvalue weighted by molar-refractivity contribution is 0.485. The van der Waals surface area contributed by atoms with Crippen molar-refractivity contribution in [2.75, 3.05) is 5.73 Å². The molecule has 0 amide bonds. The Morgan fingerprint density at radius 2 is 1.79 bits per heavy atom. The van der Waals surface area contributed by atoms with Crippen LogP contribution in [-0.2, 0) is 0 Å². The lowest BCUT2D eigenvalue weighted by Crippen LogP contribution is -1.94. The highest BCUT2D eigenvalue weighted by molar-refractivity contribution is 6.30. The molecular formula is C15H11ClN2O. The van der Waals surface area contributed by atoms with Gasteiger partial charge in [-0.25, -0.2) is 0 Å². The molecule has 0 aliphatic heterocycles. The molecule has 94 valence electrons. The number of aromatic nitrogens is 1. The summed E-state index contributed by atoms with van der Waals surface area (Å²) in [6, 6.07) is 14.6. The van der Waals surface area contributed by atoms with Gasteiger partial charge in [-0.05, 0) is 48.5 Å². The summed E-state index contributed by atoms with van der Waals surface area (Å²) in [5, 5.41) is 1.55. The minimum Gasteiger partial charge on any atom is -0.455 e. The predicted molar refractivity (Wildman–Crippen MR) is 77.7 cm³/mol. The zero-order valence-corrected chi connectivity index (χ0v) is 10.8. The van der Waals surface area contributed by atoms with E-state index in [1.807, 2.05) is 24.3 Å². The van der Waals surface area contributed by atoms with E-state index in [-0.39, 0.29) is 0 Å². The normalized spacial score (nSPS) is 10.6. The van der Waals surface area contributed by atoms with Gasteiger partial charge in [0.1, 0.15) is 5.75 Å². The predicted octanol–water partition coefficient (Wildman–Crippen LogP) is 4.26. The summed E-state index contributed by atoms with van der Waals surface area (Å²) in [6.45, 7) is 0. The molecule has 3 nitrogen and oxygen atoms in total. The zero-order chi connectivity index (χ0) is 13.2. The molecule has 1 aromatic heterocycles. The highest BCUT2D eigenvalue weighted by Crippen LogP contribution is 2.33. The number of nitrogens with two attached hydrogens (primary N) is 1. The molecule has 2 aromatic carbocycles. The standard InChI is InChI=1S/C15H11ClN2O/c16-10-3-5-11(6-4-10)19-14-8-7-13-12(15(14)17)2-1-9-18-13/h1-9H,17H2. The maximum atomic E-state index is 6.11. The van der Waals surface area contributed by atoms with Crippen molar-refractivity contribution >= 4 is 28.2 Å². The van der Waals surface area contributed by atoms with E-state index in [0.29, 0.717) is 22.2 Å². The highest BCUT2D eigenvalue weighted by Gasteiger charge is 2.07. The zero-order valence-electron chi connectivity index (χ0n) is 10.0. The molecule has 0 unspecified atom stereocenters. The Morgan fingerprint density at radius 1 is 1.00 bits per heavy atom. The number of hydrogen-bond acceptors (Lipinski definition) is 3. The minimum absolute atomic E-state index is 0.584. The second-order valence-electron chi connectivity index (χ2n) is 4.10. The minimum atomic E-state index is 0.584. The van der Waals surface area contributed by atoms with Crippen LogP contribution in [0.3, 0.4) is 0 Å². The number of pyridine rings is 1. The Balaban J connectivity index is 2.01.